The van der Waals surface area contributed by atoms with Gasteiger partial charge in [-0.05, 0) is 38.4 Å². The molecule has 0 bridgehead atoms. The van der Waals surface area contributed by atoms with Crippen molar-refractivity contribution in [3.63, 3.8) is 0 Å². The molecule has 3 saturated heterocycles. The number of halogens is 1. The van der Waals surface area contributed by atoms with Gasteiger partial charge in [-0.3, -0.25) is 14.4 Å². The predicted molar refractivity (Wildman–Crippen MR) is 153 cm³/mol. The van der Waals surface area contributed by atoms with Gasteiger partial charge in [0.2, 0.25) is 5.91 Å². The summed E-state index contributed by atoms with van der Waals surface area (Å²) in [5.74, 6) is -0.611. The van der Waals surface area contributed by atoms with Crippen LogP contribution in [0.1, 0.15) is 35.5 Å². The number of piperazine rings is 1. The van der Waals surface area contributed by atoms with E-state index in [2.05, 4.69) is 29.1 Å². The minimum absolute atomic E-state index is 0.0365. The molecule has 5 rings (SSSR count). The second-order valence-electron chi connectivity index (χ2n) is 11.1. The summed E-state index contributed by atoms with van der Waals surface area (Å²) in [6.07, 6.45) is -0.0389. The van der Waals surface area contributed by atoms with E-state index < -0.39 is 23.6 Å². The number of benzene rings is 1. The Morgan fingerprint density at radius 1 is 1.18 bits per heavy atom. The molecule has 210 valence electrons. The second kappa shape index (κ2) is 11.5. The van der Waals surface area contributed by atoms with Crippen LogP contribution >= 0.6 is 22.9 Å². The van der Waals surface area contributed by atoms with E-state index in [4.69, 9.17) is 21.3 Å². The summed E-state index contributed by atoms with van der Waals surface area (Å²) >= 11 is 8.09. The van der Waals surface area contributed by atoms with Gasteiger partial charge >= 0.3 is 0 Å². The smallest absolute Gasteiger partial charge is 0.251 e. The first-order valence-corrected chi connectivity index (χ1v) is 14.8. The van der Waals surface area contributed by atoms with Gasteiger partial charge in [-0.2, -0.15) is 0 Å². The lowest BCUT2D eigenvalue weighted by Gasteiger charge is -2.32. The van der Waals surface area contributed by atoms with Gasteiger partial charge in [0.15, 0.2) is 10.9 Å². The van der Waals surface area contributed by atoms with Crippen molar-refractivity contribution in [3.8, 4) is 11.3 Å². The number of alkyl halides is 1. The molecule has 4 atom stereocenters. The Labute approximate surface area is 238 Å². The van der Waals surface area contributed by atoms with Crippen molar-refractivity contribution in [1.29, 1.82) is 0 Å². The van der Waals surface area contributed by atoms with Crippen molar-refractivity contribution in [3.05, 3.63) is 34.7 Å². The summed E-state index contributed by atoms with van der Waals surface area (Å²) in [5.41, 5.74) is 2.34. The van der Waals surface area contributed by atoms with Crippen LogP contribution in [0.2, 0.25) is 0 Å². The van der Waals surface area contributed by atoms with Crippen LogP contribution in [0.15, 0.2) is 24.3 Å². The fraction of sp³-hybridized carbons (Fsp3) is 0.571. The van der Waals surface area contributed by atoms with Crippen LogP contribution in [0.3, 0.4) is 0 Å². The van der Waals surface area contributed by atoms with E-state index in [1.807, 2.05) is 26.0 Å². The Morgan fingerprint density at radius 3 is 2.54 bits per heavy atom. The maximum atomic E-state index is 13.5. The van der Waals surface area contributed by atoms with E-state index in [1.165, 1.54) is 4.90 Å². The van der Waals surface area contributed by atoms with Crippen molar-refractivity contribution in [2.45, 2.75) is 50.8 Å². The number of rotatable bonds is 7. The number of thiazole rings is 1. The number of likely N-dealkylation sites (tertiary alicyclic amines) is 1. The average Bonchev–Trinajstić information content (AvgIpc) is 3.58. The number of carbonyl (C=O) groups is 3. The number of aromatic nitrogens is 1. The summed E-state index contributed by atoms with van der Waals surface area (Å²) in [5, 5.41) is 3.51. The highest BCUT2D eigenvalue weighted by molar-refractivity contribution is 7.16. The monoisotopic (exact) mass is 573 g/mol. The number of aryl methyl sites for hydroxylation is 1. The SMILES string of the molecule is Cc1sc(N2CCN(C)CC2)nc1-c1ccc(C(=O)NC(CC(C)C)C(=O)N2CC(Cl)C3OCC(=O)C32)cc1. The van der Waals surface area contributed by atoms with Crippen LogP contribution < -0.4 is 10.2 Å². The summed E-state index contributed by atoms with van der Waals surface area (Å²) in [7, 11) is 2.14. The van der Waals surface area contributed by atoms with Crippen LogP contribution in [0.4, 0.5) is 5.13 Å². The molecule has 3 aliphatic heterocycles. The predicted octanol–water partition coefficient (Wildman–Crippen LogP) is 2.80. The van der Waals surface area contributed by atoms with Crippen molar-refractivity contribution in [2.75, 3.05) is 51.3 Å². The van der Waals surface area contributed by atoms with E-state index >= 15 is 0 Å². The van der Waals surface area contributed by atoms with Gasteiger partial charge in [0.25, 0.3) is 5.91 Å². The standard InChI is InChI=1S/C28H36ClN5O4S/c1-16(2)13-21(27(37)34-14-20(29)25-24(34)22(35)15-38-25)30-26(36)19-7-5-18(6-8-19)23-17(3)39-28(31-23)33-11-9-32(4)10-12-33/h5-8,16,20-21,24-25H,9-15H2,1-4H3,(H,30,36). The molecular formula is C28H36ClN5O4S. The van der Waals surface area contributed by atoms with Crippen molar-refractivity contribution >= 4 is 45.7 Å². The maximum absolute atomic E-state index is 13.5. The third kappa shape index (κ3) is 5.84. The number of Topliss-reactive ketones (excluding diaryl/α,β-unsaturated/α-hetero) is 1. The topological polar surface area (TPSA) is 95.1 Å². The van der Waals surface area contributed by atoms with Crippen molar-refractivity contribution in [1.82, 2.24) is 20.1 Å². The Morgan fingerprint density at radius 2 is 1.87 bits per heavy atom. The Kier molecular flexibility index (Phi) is 8.28. The quantitative estimate of drug-likeness (QED) is 0.509. The van der Waals surface area contributed by atoms with E-state index in [9.17, 15) is 14.4 Å². The molecule has 2 aromatic rings. The van der Waals surface area contributed by atoms with Crippen molar-refractivity contribution < 1.29 is 19.1 Å². The molecule has 39 heavy (non-hydrogen) atoms. The number of hydrogen-bond donors (Lipinski definition) is 1. The number of amides is 2. The lowest BCUT2D eigenvalue weighted by molar-refractivity contribution is -0.138. The van der Waals surface area contributed by atoms with E-state index in [0.717, 1.165) is 47.4 Å². The minimum Gasteiger partial charge on any atom is -0.366 e. The van der Waals surface area contributed by atoms with Gasteiger partial charge in [-0.15, -0.1) is 22.9 Å². The molecule has 9 nitrogen and oxygen atoms in total. The van der Waals surface area contributed by atoms with Crippen LogP contribution in [0, 0.1) is 12.8 Å². The molecule has 3 fully saturated rings. The van der Waals surface area contributed by atoms with E-state index in [0.29, 0.717) is 12.0 Å². The number of fused-ring (bicyclic) bond motifs is 1. The van der Waals surface area contributed by atoms with Gasteiger partial charge < -0.3 is 24.8 Å². The number of ether oxygens (including phenoxy) is 1. The highest BCUT2D eigenvalue weighted by Gasteiger charge is 2.52. The first-order chi connectivity index (χ1) is 18.6. The first-order valence-electron chi connectivity index (χ1n) is 13.5. The van der Waals surface area contributed by atoms with Crippen LogP contribution in [0.25, 0.3) is 11.3 Å². The van der Waals surface area contributed by atoms with E-state index in [-0.39, 0.29) is 36.7 Å². The van der Waals surface area contributed by atoms with Gasteiger partial charge in [-0.25, -0.2) is 4.98 Å². The van der Waals surface area contributed by atoms with Gasteiger partial charge in [-0.1, -0.05) is 26.0 Å². The molecule has 0 radical (unpaired) electrons. The number of carbonyl (C=O) groups excluding carboxylic acids is 3. The number of anilines is 1. The highest BCUT2D eigenvalue weighted by atomic mass is 35.5. The zero-order valence-corrected chi connectivity index (χ0v) is 24.4. The number of hydrogen-bond acceptors (Lipinski definition) is 8. The lowest BCUT2D eigenvalue weighted by atomic mass is 10.0. The zero-order chi connectivity index (χ0) is 27.8. The number of ketones is 1. The average molecular weight is 574 g/mol. The third-order valence-corrected chi connectivity index (χ3v) is 9.11. The fourth-order valence-corrected chi connectivity index (χ4v) is 6.86. The molecule has 1 N–H and O–H groups in total. The largest absolute Gasteiger partial charge is 0.366 e. The molecule has 1 aromatic heterocycles. The molecular weight excluding hydrogens is 538 g/mol. The number of nitrogens with zero attached hydrogens (tertiary/aromatic N) is 4. The fourth-order valence-electron chi connectivity index (χ4n) is 5.52. The normalized spacial score (nSPS) is 24.4. The summed E-state index contributed by atoms with van der Waals surface area (Å²) in [4.78, 5) is 51.4. The van der Waals surface area contributed by atoms with Gasteiger partial charge in [0, 0.05) is 48.7 Å². The molecule has 1 aromatic carbocycles. The Bertz CT molecular complexity index is 1230. The second-order valence-corrected chi connectivity index (χ2v) is 12.9. The molecule has 0 saturated carbocycles. The molecule has 4 unspecified atom stereocenters. The van der Waals surface area contributed by atoms with Crippen LogP contribution in [-0.2, 0) is 14.3 Å². The molecule has 11 heteroatoms. The van der Waals surface area contributed by atoms with E-state index in [1.54, 1.807) is 23.5 Å². The number of nitrogens with one attached hydrogen (secondary N) is 1. The van der Waals surface area contributed by atoms with Crippen LogP contribution in [0.5, 0.6) is 0 Å². The number of likely N-dealkylation sites (N-methyl/N-ethyl adjacent to an activating group) is 1. The molecule has 3 aliphatic rings. The Balaban J connectivity index is 1.28. The van der Waals surface area contributed by atoms with Crippen molar-refractivity contribution in [2.24, 2.45) is 5.92 Å². The van der Waals surface area contributed by atoms with Gasteiger partial charge in [0.05, 0.1) is 11.1 Å². The summed E-state index contributed by atoms with van der Waals surface area (Å²) < 4.78 is 5.52. The third-order valence-electron chi connectivity index (χ3n) is 7.70. The molecule has 0 spiro atoms. The Hall–Kier alpha value is -2.53. The van der Waals surface area contributed by atoms with Crippen LogP contribution in [-0.4, -0.2) is 102 Å². The first kappa shape index (κ1) is 28.0. The zero-order valence-electron chi connectivity index (χ0n) is 22.9. The maximum Gasteiger partial charge on any atom is 0.251 e. The summed E-state index contributed by atoms with van der Waals surface area (Å²) in [6, 6.07) is 5.90. The molecule has 4 heterocycles. The summed E-state index contributed by atoms with van der Waals surface area (Å²) in [6.45, 7) is 10.2. The van der Waals surface area contributed by atoms with Gasteiger partial charge in [0.1, 0.15) is 24.8 Å². The minimum atomic E-state index is -0.764. The molecule has 2 amide bonds. The molecule has 0 aliphatic carbocycles. The highest BCUT2D eigenvalue weighted by Crippen LogP contribution is 2.34. The lowest BCUT2D eigenvalue weighted by Crippen LogP contribution is -2.52.